The largest absolute Gasteiger partial charge is 0.478 e. The van der Waals surface area contributed by atoms with E-state index in [1.165, 1.54) is 0 Å². The molecule has 98 valence electrons. The van der Waals surface area contributed by atoms with Gasteiger partial charge >= 0.3 is 12.6 Å². The minimum atomic E-state index is -3.27. The topological polar surface area (TPSA) is 89.7 Å². The van der Waals surface area contributed by atoms with Crippen molar-refractivity contribution in [3.8, 4) is 5.75 Å². The number of rotatable bonds is 5. The van der Waals surface area contributed by atoms with Gasteiger partial charge in [-0.25, -0.2) is 4.79 Å². The molecule has 0 amide bonds. The van der Waals surface area contributed by atoms with E-state index in [4.69, 9.17) is 5.11 Å². The van der Waals surface area contributed by atoms with Crippen molar-refractivity contribution in [3.63, 3.8) is 0 Å². The molecule has 0 radical (unpaired) electrons. The molecule has 1 rings (SSSR count). The minimum Gasteiger partial charge on any atom is -0.478 e. The van der Waals surface area contributed by atoms with Crippen molar-refractivity contribution >= 4 is 27.6 Å². The SMILES string of the molecule is O=C(O)c1cc(CBr)c([N+](=O)[O-])cc1OC(F)F. The number of hydrogen-bond donors (Lipinski definition) is 1. The number of nitro benzene ring substituents is 1. The van der Waals surface area contributed by atoms with Gasteiger partial charge in [-0.2, -0.15) is 8.78 Å². The summed E-state index contributed by atoms with van der Waals surface area (Å²) in [6.07, 6.45) is 0. The fourth-order valence-corrected chi connectivity index (χ4v) is 1.70. The first-order valence-corrected chi connectivity index (χ1v) is 5.54. The van der Waals surface area contributed by atoms with Crippen molar-refractivity contribution in [1.29, 1.82) is 0 Å². The van der Waals surface area contributed by atoms with Crippen LogP contribution >= 0.6 is 15.9 Å². The van der Waals surface area contributed by atoms with Crippen molar-refractivity contribution in [3.05, 3.63) is 33.4 Å². The minimum absolute atomic E-state index is 0.0125. The van der Waals surface area contributed by atoms with E-state index in [1.807, 2.05) is 0 Å². The zero-order chi connectivity index (χ0) is 13.9. The summed E-state index contributed by atoms with van der Waals surface area (Å²) < 4.78 is 28.1. The number of benzene rings is 1. The molecule has 0 bridgehead atoms. The lowest BCUT2D eigenvalue weighted by Crippen LogP contribution is -2.09. The van der Waals surface area contributed by atoms with Crippen LogP contribution in [0.15, 0.2) is 12.1 Å². The molecule has 0 fully saturated rings. The van der Waals surface area contributed by atoms with Gasteiger partial charge in [0.15, 0.2) is 0 Å². The average Bonchev–Trinajstić information content (AvgIpc) is 2.27. The third-order valence-corrected chi connectivity index (χ3v) is 2.57. The Morgan fingerprint density at radius 2 is 2.17 bits per heavy atom. The van der Waals surface area contributed by atoms with E-state index in [9.17, 15) is 23.7 Å². The van der Waals surface area contributed by atoms with Crippen LogP contribution in [0.4, 0.5) is 14.5 Å². The third kappa shape index (κ3) is 3.13. The van der Waals surface area contributed by atoms with Crippen molar-refractivity contribution in [2.75, 3.05) is 0 Å². The van der Waals surface area contributed by atoms with E-state index in [-0.39, 0.29) is 10.9 Å². The van der Waals surface area contributed by atoms with Crippen LogP contribution in [0.3, 0.4) is 0 Å². The maximum absolute atomic E-state index is 12.1. The summed E-state index contributed by atoms with van der Waals surface area (Å²) in [5.74, 6) is -2.25. The molecule has 0 heterocycles. The Hall–Kier alpha value is -1.77. The standard InChI is InChI=1S/C9H6BrF2NO5/c10-3-4-1-5(8(14)15)7(18-9(11)12)2-6(4)13(16)17/h1-2,9H,3H2,(H,14,15). The van der Waals surface area contributed by atoms with E-state index in [2.05, 4.69) is 20.7 Å². The molecule has 9 heteroatoms. The number of nitro groups is 1. The van der Waals surface area contributed by atoms with Crippen LogP contribution in [0, 0.1) is 10.1 Å². The van der Waals surface area contributed by atoms with Gasteiger partial charge in [0.05, 0.1) is 11.0 Å². The number of hydrogen-bond acceptors (Lipinski definition) is 4. The second-order valence-electron chi connectivity index (χ2n) is 3.05. The number of carbonyl (C=O) groups is 1. The molecule has 0 saturated heterocycles. The Balaban J connectivity index is 3.42. The number of nitrogens with zero attached hydrogens (tertiary/aromatic N) is 1. The predicted molar refractivity (Wildman–Crippen MR) is 59.3 cm³/mol. The van der Waals surface area contributed by atoms with Gasteiger partial charge in [-0.15, -0.1) is 0 Å². The van der Waals surface area contributed by atoms with Gasteiger partial charge in [-0.3, -0.25) is 10.1 Å². The summed E-state index contributed by atoms with van der Waals surface area (Å²) >= 11 is 2.95. The normalized spacial score (nSPS) is 10.4. The Morgan fingerprint density at radius 1 is 1.56 bits per heavy atom. The number of aromatic carboxylic acids is 1. The Morgan fingerprint density at radius 3 is 2.56 bits per heavy atom. The van der Waals surface area contributed by atoms with E-state index in [0.29, 0.717) is 6.07 Å². The first-order chi connectivity index (χ1) is 8.36. The smallest absolute Gasteiger partial charge is 0.387 e. The van der Waals surface area contributed by atoms with Crippen LogP contribution < -0.4 is 4.74 Å². The molecule has 0 unspecified atom stereocenters. The molecule has 18 heavy (non-hydrogen) atoms. The van der Waals surface area contributed by atoms with Crippen molar-refractivity contribution in [2.45, 2.75) is 11.9 Å². The molecular weight excluding hydrogens is 320 g/mol. The Bertz CT molecular complexity index is 494. The molecule has 0 saturated carbocycles. The van der Waals surface area contributed by atoms with Gasteiger partial charge in [0.1, 0.15) is 11.3 Å². The van der Waals surface area contributed by atoms with Crippen LogP contribution in [0.1, 0.15) is 15.9 Å². The maximum Gasteiger partial charge on any atom is 0.387 e. The van der Waals surface area contributed by atoms with E-state index in [0.717, 1.165) is 6.07 Å². The summed E-state index contributed by atoms with van der Waals surface area (Å²) in [6, 6.07) is 1.60. The lowest BCUT2D eigenvalue weighted by molar-refractivity contribution is -0.385. The predicted octanol–water partition coefficient (Wildman–Crippen LogP) is 2.79. The van der Waals surface area contributed by atoms with Crippen molar-refractivity contribution in [1.82, 2.24) is 0 Å². The van der Waals surface area contributed by atoms with E-state index >= 15 is 0 Å². The molecule has 0 aliphatic heterocycles. The van der Waals surface area contributed by atoms with Crippen molar-refractivity contribution < 1.29 is 28.3 Å². The van der Waals surface area contributed by atoms with Crippen LogP contribution in [0.25, 0.3) is 0 Å². The number of halogens is 3. The lowest BCUT2D eigenvalue weighted by Gasteiger charge is -2.09. The number of carboxylic acid groups (broad SMARTS) is 1. The van der Waals surface area contributed by atoms with Crippen LogP contribution in [0.5, 0.6) is 5.75 Å². The first kappa shape index (κ1) is 14.3. The van der Waals surface area contributed by atoms with Gasteiger partial charge in [-0.1, -0.05) is 15.9 Å². The van der Waals surface area contributed by atoms with Crippen LogP contribution in [-0.4, -0.2) is 22.6 Å². The average molecular weight is 326 g/mol. The first-order valence-electron chi connectivity index (χ1n) is 4.42. The summed E-state index contributed by atoms with van der Waals surface area (Å²) in [6.45, 7) is -3.27. The fraction of sp³-hybridized carbons (Fsp3) is 0.222. The van der Waals surface area contributed by atoms with Crippen LogP contribution in [-0.2, 0) is 5.33 Å². The summed E-state index contributed by atoms with van der Waals surface area (Å²) in [7, 11) is 0. The molecule has 0 atom stereocenters. The zero-order valence-corrected chi connectivity index (χ0v) is 10.2. The highest BCUT2D eigenvalue weighted by Gasteiger charge is 2.23. The van der Waals surface area contributed by atoms with Gasteiger partial charge in [-0.05, 0) is 6.07 Å². The quantitative estimate of drug-likeness (QED) is 0.510. The second kappa shape index (κ2) is 5.71. The number of alkyl halides is 3. The number of ether oxygens (including phenoxy) is 1. The summed E-state index contributed by atoms with van der Waals surface area (Å²) in [4.78, 5) is 20.7. The molecule has 0 aliphatic carbocycles. The fourth-order valence-electron chi connectivity index (χ4n) is 1.25. The van der Waals surface area contributed by atoms with E-state index in [1.54, 1.807) is 0 Å². The molecule has 0 aromatic heterocycles. The molecule has 1 aromatic rings. The highest BCUT2D eigenvalue weighted by atomic mass is 79.9. The molecule has 0 aliphatic rings. The maximum atomic E-state index is 12.1. The van der Waals surface area contributed by atoms with E-state index < -0.39 is 34.5 Å². The highest BCUT2D eigenvalue weighted by molar-refractivity contribution is 9.08. The molecular formula is C9H6BrF2NO5. The molecule has 6 nitrogen and oxygen atoms in total. The zero-order valence-electron chi connectivity index (χ0n) is 8.60. The van der Waals surface area contributed by atoms with Crippen molar-refractivity contribution in [2.24, 2.45) is 0 Å². The Kier molecular flexibility index (Phi) is 4.54. The summed E-state index contributed by atoms with van der Waals surface area (Å²) in [5.41, 5.74) is -0.998. The Labute approximate surface area is 107 Å². The molecule has 1 aromatic carbocycles. The lowest BCUT2D eigenvalue weighted by atomic mass is 10.1. The third-order valence-electron chi connectivity index (χ3n) is 1.97. The van der Waals surface area contributed by atoms with Gasteiger partial charge in [0.2, 0.25) is 0 Å². The second-order valence-corrected chi connectivity index (χ2v) is 3.61. The molecule has 1 N–H and O–H groups in total. The van der Waals surface area contributed by atoms with Gasteiger partial charge < -0.3 is 9.84 Å². The monoisotopic (exact) mass is 325 g/mol. The number of carboxylic acids is 1. The summed E-state index contributed by atoms with van der Waals surface area (Å²) in [5, 5.41) is 19.5. The van der Waals surface area contributed by atoms with Crippen LogP contribution in [0.2, 0.25) is 0 Å². The van der Waals surface area contributed by atoms with Gasteiger partial charge in [0, 0.05) is 10.9 Å². The van der Waals surface area contributed by atoms with Gasteiger partial charge in [0.25, 0.3) is 5.69 Å². The molecule has 0 spiro atoms. The highest BCUT2D eigenvalue weighted by Crippen LogP contribution is 2.31.